The summed E-state index contributed by atoms with van der Waals surface area (Å²) in [6.45, 7) is 3.95. The first kappa shape index (κ1) is 20.6. The molecular formula is C22H25N3O4S. The van der Waals surface area contributed by atoms with Crippen LogP contribution in [0.2, 0.25) is 0 Å². The van der Waals surface area contributed by atoms with E-state index in [9.17, 15) is 18.0 Å². The fourth-order valence-corrected chi connectivity index (χ4v) is 5.44. The average Bonchev–Trinajstić information content (AvgIpc) is 3.16. The van der Waals surface area contributed by atoms with E-state index in [1.54, 1.807) is 17.9 Å². The van der Waals surface area contributed by atoms with Crippen molar-refractivity contribution in [1.29, 1.82) is 0 Å². The van der Waals surface area contributed by atoms with Crippen molar-refractivity contribution in [3.8, 4) is 0 Å². The molecule has 2 amide bonds. The Morgan fingerprint density at radius 3 is 2.53 bits per heavy atom. The van der Waals surface area contributed by atoms with E-state index in [0.29, 0.717) is 18.7 Å². The Labute approximate surface area is 176 Å². The van der Waals surface area contributed by atoms with Crippen LogP contribution in [0.15, 0.2) is 42.5 Å². The number of nitrogens with zero attached hydrogens (tertiary/aromatic N) is 2. The maximum Gasteiger partial charge on any atom is 0.243 e. The van der Waals surface area contributed by atoms with Crippen LogP contribution in [0.1, 0.15) is 30.5 Å². The van der Waals surface area contributed by atoms with Gasteiger partial charge in [0.1, 0.15) is 6.04 Å². The maximum atomic E-state index is 13.1. The van der Waals surface area contributed by atoms with E-state index in [-0.39, 0.29) is 24.1 Å². The summed E-state index contributed by atoms with van der Waals surface area (Å²) in [5, 5.41) is 2.89. The number of carbonyl (C=O) groups is 2. The van der Waals surface area contributed by atoms with Crippen molar-refractivity contribution in [3.05, 3.63) is 59.2 Å². The van der Waals surface area contributed by atoms with Crippen LogP contribution in [0, 0.1) is 0 Å². The number of anilines is 2. The van der Waals surface area contributed by atoms with Crippen molar-refractivity contribution in [1.82, 2.24) is 4.31 Å². The van der Waals surface area contributed by atoms with Gasteiger partial charge in [0.05, 0.1) is 5.75 Å². The number of amides is 2. The molecule has 1 atom stereocenters. The first-order valence-corrected chi connectivity index (χ1v) is 11.7. The molecule has 0 spiro atoms. The molecule has 8 heteroatoms. The SMILES string of the molecule is CCS(=O)(=O)N1Cc2ccccc2CC1C(=O)Nc1ccc2c(c1)CCN2C(C)=O. The van der Waals surface area contributed by atoms with Crippen LogP contribution in [0.4, 0.5) is 11.4 Å². The van der Waals surface area contributed by atoms with Crippen molar-refractivity contribution >= 4 is 33.2 Å². The molecule has 0 saturated carbocycles. The molecule has 30 heavy (non-hydrogen) atoms. The zero-order chi connectivity index (χ0) is 21.5. The van der Waals surface area contributed by atoms with E-state index in [0.717, 1.165) is 28.8 Å². The normalized spacial score (nSPS) is 18.6. The summed E-state index contributed by atoms with van der Waals surface area (Å²) in [5.74, 6) is -0.409. The minimum Gasteiger partial charge on any atom is -0.325 e. The number of sulfonamides is 1. The van der Waals surface area contributed by atoms with Crippen LogP contribution >= 0.6 is 0 Å². The van der Waals surface area contributed by atoms with Crippen molar-refractivity contribution in [3.63, 3.8) is 0 Å². The van der Waals surface area contributed by atoms with Crippen LogP contribution in [0.25, 0.3) is 0 Å². The Balaban J connectivity index is 1.59. The van der Waals surface area contributed by atoms with Gasteiger partial charge in [0.2, 0.25) is 21.8 Å². The summed E-state index contributed by atoms with van der Waals surface area (Å²) in [6.07, 6.45) is 1.07. The predicted molar refractivity (Wildman–Crippen MR) is 116 cm³/mol. The van der Waals surface area contributed by atoms with Gasteiger partial charge in [-0.25, -0.2) is 8.42 Å². The van der Waals surface area contributed by atoms with Crippen molar-refractivity contribution in [2.24, 2.45) is 0 Å². The predicted octanol–water partition coefficient (Wildman–Crippen LogP) is 2.31. The van der Waals surface area contributed by atoms with Crippen molar-refractivity contribution < 1.29 is 18.0 Å². The Kier molecular flexibility index (Phi) is 5.38. The monoisotopic (exact) mass is 427 g/mol. The van der Waals surface area contributed by atoms with Gasteiger partial charge in [-0.1, -0.05) is 24.3 Å². The number of carbonyl (C=O) groups excluding carboxylic acids is 2. The van der Waals surface area contributed by atoms with Crippen molar-refractivity contribution in [2.75, 3.05) is 22.5 Å². The highest BCUT2D eigenvalue weighted by molar-refractivity contribution is 7.89. The lowest BCUT2D eigenvalue weighted by Crippen LogP contribution is -2.51. The number of rotatable bonds is 4. The third-order valence-corrected chi connectivity index (χ3v) is 7.68. The number of hydrogen-bond acceptors (Lipinski definition) is 4. The topological polar surface area (TPSA) is 86.8 Å². The highest BCUT2D eigenvalue weighted by Crippen LogP contribution is 2.31. The van der Waals surface area contributed by atoms with Gasteiger partial charge in [0, 0.05) is 31.4 Å². The summed E-state index contributed by atoms with van der Waals surface area (Å²) in [6, 6.07) is 12.3. The molecule has 2 aromatic carbocycles. The Hall–Kier alpha value is -2.71. The summed E-state index contributed by atoms with van der Waals surface area (Å²) in [5.41, 5.74) is 4.39. The average molecular weight is 428 g/mol. The first-order valence-electron chi connectivity index (χ1n) is 10.1. The zero-order valence-corrected chi connectivity index (χ0v) is 17.9. The smallest absolute Gasteiger partial charge is 0.243 e. The largest absolute Gasteiger partial charge is 0.325 e. The molecular weight excluding hydrogens is 402 g/mol. The summed E-state index contributed by atoms with van der Waals surface area (Å²) in [4.78, 5) is 26.6. The van der Waals surface area contributed by atoms with Gasteiger partial charge >= 0.3 is 0 Å². The highest BCUT2D eigenvalue weighted by atomic mass is 32.2. The third kappa shape index (κ3) is 3.73. The molecule has 0 bridgehead atoms. The van der Waals surface area contributed by atoms with E-state index >= 15 is 0 Å². The second kappa shape index (κ2) is 7.85. The summed E-state index contributed by atoms with van der Waals surface area (Å²) in [7, 11) is -3.55. The molecule has 0 saturated heterocycles. The van der Waals surface area contributed by atoms with Gasteiger partial charge in [-0.15, -0.1) is 0 Å². The fourth-order valence-electron chi connectivity index (χ4n) is 4.21. The fraction of sp³-hybridized carbons (Fsp3) is 0.364. The molecule has 0 radical (unpaired) electrons. The highest BCUT2D eigenvalue weighted by Gasteiger charge is 2.38. The van der Waals surface area contributed by atoms with Gasteiger partial charge < -0.3 is 10.2 Å². The molecule has 158 valence electrons. The molecule has 2 aromatic rings. The molecule has 1 N–H and O–H groups in total. The van der Waals surface area contributed by atoms with Crippen LogP contribution in [-0.2, 0) is 39.0 Å². The van der Waals surface area contributed by atoms with Gasteiger partial charge in [-0.3, -0.25) is 9.59 Å². The third-order valence-electron chi connectivity index (χ3n) is 5.85. The van der Waals surface area contributed by atoms with Gasteiger partial charge in [-0.05, 0) is 54.7 Å². The standard InChI is InChI=1S/C22H25N3O4S/c1-3-30(28,29)25-14-18-7-5-4-6-16(18)13-21(25)22(27)23-19-8-9-20-17(12-19)10-11-24(20)15(2)26/h4-9,12,21H,3,10-11,13-14H2,1-2H3,(H,23,27). The molecule has 2 heterocycles. The maximum absolute atomic E-state index is 13.1. The van der Waals surface area contributed by atoms with E-state index in [1.165, 1.54) is 11.2 Å². The lowest BCUT2D eigenvalue weighted by atomic mass is 9.95. The first-order chi connectivity index (χ1) is 14.3. The lowest BCUT2D eigenvalue weighted by molar-refractivity contribution is -0.120. The molecule has 0 aliphatic carbocycles. The van der Waals surface area contributed by atoms with Gasteiger partial charge in [-0.2, -0.15) is 4.31 Å². The van der Waals surface area contributed by atoms with Crippen LogP contribution < -0.4 is 10.2 Å². The lowest BCUT2D eigenvalue weighted by Gasteiger charge is -2.34. The zero-order valence-electron chi connectivity index (χ0n) is 17.1. The van der Waals surface area contributed by atoms with E-state index < -0.39 is 16.1 Å². The summed E-state index contributed by atoms with van der Waals surface area (Å²) < 4.78 is 26.7. The van der Waals surface area contributed by atoms with E-state index in [2.05, 4.69) is 5.32 Å². The second-order valence-corrected chi connectivity index (χ2v) is 9.90. The van der Waals surface area contributed by atoms with Gasteiger partial charge in [0.25, 0.3) is 0 Å². The Morgan fingerprint density at radius 1 is 1.10 bits per heavy atom. The quantitative estimate of drug-likeness (QED) is 0.811. The van der Waals surface area contributed by atoms with E-state index in [1.807, 2.05) is 36.4 Å². The molecule has 1 unspecified atom stereocenters. The molecule has 0 fully saturated rings. The summed E-state index contributed by atoms with van der Waals surface area (Å²) >= 11 is 0. The van der Waals surface area contributed by atoms with Crippen molar-refractivity contribution in [2.45, 2.75) is 39.3 Å². The van der Waals surface area contributed by atoms with E-state index in [4.69, 9.17) is 0 Å². The minimum absolute atomic E-state index is 0.00757. The molecule has 7 nitrogen and oxygen atoms in total. The molecule has 2 aliphatic rings. The molecule has 2 aliphatic heterocycles. The number of benzene rings is 2. The Morgan fingerprint density at radius 2 is 1.83 bits per heavy atom. The number of nitrogens with one attached hydrogen (secondary N) is 1. The van der Waals surface area contributed by atoms with Crippen LogP contribution in [0.5, 0.6) is 0 Å². The van der Waals surface area contributed by atoms with Crippen LogP contribution in [-0.4, -0.2) is 42.9 Å². The van der Waals surface area contributed by atoms with Gasteiger partial charge in [0.15, 0.2) is 0 Å². The minimum atomic E-state index is -3.55. The Bertz CT molecular complexity index is 1110. The molecule has 0 aromatic heterocycles. The number of fused-ring (bicyclic) bond motifs is 2. The second-order valence-electron chi connectivity index (χ2n) is 7.69. The molecule has 4 rings (SSSR count). The van der Waals surface area contributed by atoms with Crippen LogP contribution in [0.3, 0.4) is 0 Å². The number of hydrogen-bond donors (Lipinski definition) is 1.